The summed E-state index contributed by atoms with van der Waals surface area (Å²) in [5, 5.41) is 0. The standard InChI is InChI=1S/C29H57NO4.C18H38/c1-5-7-9-11-12-13-15-19-26-33-28(31)23-18-17-22-27(21-16-14-10-8-6-2)34-29(32)24-20-25-30(3)4;1-4-7-8-9-10-11-12-13-14-15-17-18(6-3)16-5-2/h27H,5-26H2,1-4H3;18H,4-17H2,1-3H3. The highest BCUT2D eigenvalue weighted by Crippen LogP contribution is 2.20. The SMILES string of the molecule is CCCCCCCCCCCCC(CC)CCC.CCCCCCCCCCOC(=O)CCCCC(CCCCCCC)OC(=O)CCCN(C)C. The Morgan fingerprint density at radius 2 is 0.865 bits per heavy atom. The van der Waals surface area contributed by atoms with Crippen molar-refractivity contribution in [2.24, 2.45) is 5.92 Å². The van der Waals surface area contributed by atoms with Crippen LogP contribution in [-0.4, -0.2) is 50.2 Å². The molecule has 0 aliphatic heterocycles. The number of hydrogen-bond donors (Lipinski definition) is 0. The molecule has 0 heterocycles. The smallest absolute Gasteiger partial charge is 0.306 e. The van der Waals surface area contributed by atoms with Crippen LogP contribution in [-0.2, 0) is 19.1 Å². The van der Waals surface area contributed by atoms with Crippen molar-refractivity contribution >= 4 is 11.9 Å². The summed E-state index contributed by atoms with van der Waals surface area (Å²) in [5.41, 5.74) is 0. The molecule has 0 aromatic rings. The zero-order valence-electron chi connectivity index (χ0n) is 36.7. The van der Waals surface area contributed by atoms with E-state index in [-0.39, 0.29) is 18.0 Å². The van der Waals surface area contributed by atoms with Gasteiger partial charge in [0.15, 0.2) is 0 Å². The predicted molar refractivity (Wildman–Crippen MR) is 228 cm³/mol. The van der Waals surface area contributed by atoms with Crippen LogP contribution in [0, 0.1) is 5.92 Å². The van der Waals surface area contributed by atoms with Crippen molar-refractivity contribution in [3.8, 4) is 0 Å². The van der Waals surface area contributed by atoms with Gasteiger partial charge in [-0.3, -0.25) is 9.59 Å². The fourth-order valence-corrected chi connectivity index (χ4v) is 7.04. The van der Waals surface area contributed by atoms with Crippen molar-refractivity contribution in [2.75, 3.05) is 27.2 Å². The molecule has 0 fully saturated rings. The Hall–Kier alpha value is -1.10. The third kappa shape index (κ3) is 43.3. The van der Waals surface area contributed by atoms with Crippen LogP contribution in [0.4, 0.5) is 0 Å². The number of rotatable bonds is 39. The van der Waals surface area contributed by atoms with Gasteiger partial charge in [-0.2, -0.15) is 0 Å². The molecule has 0 spiro atoms. The molecule has 2 unspecified atom stereocenters. The van der Waals surface area contributed by atoms with E-state index in [0.717, 1.165) is 63.8 Å². The Kier molecular flexibility index (Phi) is 45.2. The van der Waals surface area contributed by atoms with E-state index in [9.17, 15) is 9.59 Å². The van der Waals surface area contributed by atoms with Gasteiger partial charge in [-0.05, 0) is 71.5 Å². The number of ether oxygens (including phenoxy) is 2. The third-order valence-corrected chi connectivity index (χ3v) is 10.6. The lowest BCUT2D eigenvalue weighted by atomic mass is 9.94. The van der Waals surface area contributed by atoms with Crippen molar-refractivity contribution in [1.82, 2.24) is 4.90 Å². The molecule has 0 aromatic heterocycles. The summed E-state index contributed by atoms with van der Waals surface area (Å²) in [4.78, 5) is 26.4. The van der Waals surface area contributed by atoms with E-state index in [4.69, 9.17) is 9.47 Å². The summed E-state index contributed by atoms with van der Waals surface area (Å²) >= 11 is 0. The number of esters is 2. The second kappa shape index (κ2) is 44.3. The van der Waals surface area contributed by atoms with E-state index in [0.29, 0.717) is 19.4 Å². The summed E-state index contributed by atoms with van der Waals surface area (Å²) < 4.78 is 11.2. The van der Waals surface area contributed by atoms with E-state index in [1.807, 2.05) is 14.1 Å². The van der Waals surface area contributed by atoms with Crippen LogP contribution in [0.1, 0.15) is 253 Å². The average molecular weight is 738 g/mol. The highest BCUT2D eigenvalue weighted by Gasteiger charge is 2.15. The Morgan fingerprint density at radius 1 is 0.442 bits per heavy atom. The monoisotopic (exact) mass is 738 g/mol. The molecule has 0 saturated carbocycles. The molecule has 312 valence electrons. The van der Waals surface area contributed by atoms with Gasteiger partial charge in [0, 0.05) is 12.8 Å². The number of unbranched alkanes of at least 4 members (excludes halogenated alkanes) is 21. The second-order valence-corrected chi connectivity index (χ2v) is 16.2. The normalized spacial score (nSPS) is 12.4. The summed E-state index contributed by atoms with van der Waals surface area (Å²) in [6, 6.07) is 0. The van der Waals surface area contributed by atoms with E-state index in [2.05, 4.69) is 39.5 Å². The topological polar surface area (TPSA) is 55.8 Å². The van der Waals surface area contributed by atoms with Crippen LogP contribution in [0.5, 0.6) is 0 Å². The molecule has 0 saturated heterocycles. The van der Waals surface area contributed by atoms with E-state index in [1.165, 1.54) is 154 Å². The van der Waals surface area contributed by atoms with Gasteiger partial charge < -0.3 is 14.4 Å². The molecule has 0 amide bonds. The first kappa shape index (κ1) is 53.0. The molecular formula is C47H95NO4. The first-order valence-electron chi connectivity index (χ1n) is 23.3. The highest BCUT2D eigenvalue weighted by molar-refractivity contribution is 5.69. The van der Waals surface area contributed by atoms with Crippen molar-refractivity contribution in [3.05, 3.63) is 0 Å². The highest BCUT2D eigenvalue weighted by atomic mass is 16.5. The summed E-state index contributed by atoms with van der Waals surface area (Å²) in [5.74, 6) is 0.856. The zero-order chi connectivity index (χ0) is 38.8. The van der Waals surface area contributed by atoms with Gasteiger partial charge in [-0.25, -0.2) is 0 Å². The summed E-state index contributed by atoms with van der Waals surface area (Å²) in [7, 11) is 4.04. The van der Waals surface area contributed by atoms with Crippen molar-refractivity contribution in [3.63, 3.8) is 0 Å². The Labute approximate surface area is 327 Å². The molecule has 2 atom stereocenters. The van der Waals surface area contributed by atoms with Gasteiger partial charge in [0.05, 0.1) is 6.61 Å². The van der Waals surface area contributed by atoms with Crippen LogP contribution < -0.4 is 0 Å². The molecule has 5 heteroatoms. The number of hydrogen-bond acceptors (Lipinski definition) is 5. The van der Waals surface area contributed by atoms with Crippen LogP contribution in [0.3, 0.4) is 0 Å². The van der Waals surface area contributed by atoms with Gasteiger partial charge >= 0.3 is 11.9 Å². The van der Waals surface area contributed by atoms with Crippen LogP contribution in [0.2, 0.25) is 0 Å². The Morgan fingerprint density at radius 3 is 1.33 bits per heavy atom. The molecule has 5 nitrogen and oxygen atoms in total. The molecule has 0 aliphatic rings. The summed E-state index contributed by atoms with van der Waals surface area (Å²) in [6.45, 7) is 12.9. The van der Waals surface area contributed by atoms with Crippen LogP contribution in [0.25, 0.3) is 0 Å². The largest absolute Gasteiger partial charge is 0.466 e. The lowest BCUT2D eigenvalue weighted by Crippen LogP contribution is -2.20. The number of carbonyl (C=O) groups is 2. The van der Waals surface area contributed by atoms with Gasteiger partial charge in [0.2, 0.25) is 0 Å². The Balaban J connectivity index is 0. The minimum Gasteiger partial charge on any atom is -0.466 e. The zero-order valence-corrected chi connectivity index (χ0v) is 36.7. The van der Waals surface area contributed by atoms with E-state index >= 15 is 0 Å². The molecule has 0 N–H and O–H groups in total. The van der Waals surface area contributed by atoms with Crippen molar-refractivity contribution in [2.45, 2.75) is 259 Å². The van der Waals surface area contributed by atoms with Crippen LogP contribution in [0.15, 0.2) is 0 Å². The maximum absolute atomic E-state index is 12.3. The number of carbonyl (C=O) groups excluding carboxylic acids is 2. The second-order valence-electron chi connectivity index (χ2n) is 16.2. The van der Waals surface area contributed by atoms with Gasteiger partial charge in [0.25, 0.3) is 0 Å². The van der Waals surface area contributed by atoms with Gasteiger partial charge in [-0.1, -0.05) is 195 Å². The molecular weight excluding hydrogens is 643 g/mol. The number of nitrogens with zero attached hydrogens (tertiary/aromatic N) is 1. The Bertz CT molecular complexity index is 712. The molecule has 0 radical (unpaired) electrons. The van der Waals surface area contributed by atoms with Gasteiger partial charge in [-0.15, -0.1) is 0 Å². The maximum Gasteiger partial charge on any atom is 0.306 e. The predicted octanol–water partition coefficient (Wildman–Crippen LogP) is 15.0. The quantitative estimate of drug-likeness (QED) is 0.0464. The van der Waals surface area contributed by atoms with Crippen molar-refractivity contribution < 1.29 is 19.1 Å². The lowest BCUT2D eigenvalue weighted by Gasteiger charge is -2.18. The third-order valence-electron chi connectivity index (χ3n) is 10.6. The molecule has 0 bridgehead atoms. The van der Waals surface area contributed by atoms with Crippen molar-refractivity contribution in [1.29, 1.82) is 0 Å². The van der Waals surface area contributed by atoms with Crippen LogP contribution >= 0.6 is 0 Å². The average Bonchev–Trinajstić information content (AvgIpc) is 3.12. The summed E-state index contributed by atoms with van der Waals surface area (Å²) in [6.07, 6.45) is 41.7. The molecule has 0 aliphatic carbocycles. The maximum atomic E-state index is 12.3. The lowest BCUT2D eigenvalue weighted by molar-refractivity contribution is -0.150. The van der Waals surface area contributed by atoms with E-state index in [1.54, 1.807) is 0 Å². The molecule has 52 heavy (non-hydrogen) atoms. The molecule has 0 aromatic carbocycles. The minimum atomic E-state index is -0.0836. The first-order valence-corrected chi connectivity index (χ1v) is 23.3. The first-order chi connectivity index (χ1) is 25.3. The molecule has 0 rings (SSSR count). The van der Waals surface area contributed by atoms with Gasteiger partial charge in [0.1, 0.15) is 6.10 Å². The van der Waals surface area contributed by atoms with E-state index < -0.39 is 0 Å². The minimum absolute atomic E-state index is 0.0122. The fraction of sp³-hybridized carbons (Fsp3) is 0.957. The fourth-order valence-electron chi connectivity index (χ4n) is 7.04.